The van der Waals surface area contributed by atoms with Crippen molar-refractivity contribution in [3.63, 3.8) is 0 Å². The predicted molar refractivity (Wildman–Crippen MR) is 99.5 cm³/mol. The van der Waals surface area contributed by atoms with Gasteiger partial charge in [-0.1, -0.05) is 23.7 Å². The number of nitrogens with zero attached hydrogens (tertiary/aromatic N) is 4. The van der Waals surface area contributed by atoms with Gasteiger partial charge < -0.3 is 9.90 Å². The third kappa shape index (κ3) is 2.10. The molecule has 0 saturated heterocycles. The van der Waals surface area contributed by atoms with Gasteiger partial charge >= 0.3 is 0 Å². The van der Waals surface area contributed by atoms with Gasteiger partial charge in [0.05, 0.1) is 11.4 Å². The Morgan fingerprint density at radius 3 is 2.46 bits per heavy atom. The fraction of sp³-hybridized carbons (Fsp3) is 0.200. The quantitative estimate of drug-likeness (QED) is 0.663. The number of aliphatic carboxylic acids is 1. The molecule has 1 saturated carbocycles. The summed E-state index contributed by atoms with van der Waals surface area (Å²) in [5.74, 6) is -1.65. The van der Waals surface area contributed by atoms with E-state index in [0.717, 1.165) is 0 Å². The lowest BCUT2D eigenvalue weighted by atomic mass is 10.00. The van der Waals surface area contributed by atoms with E-state index in [0.29, 0.717) is 33.7 Å². The summed E-state index contributed by atoms with van der Waals surface area (Å²) in [6, 6.07) is 14.2. The zero-order chi connectivity index (χ0) is 19.6. The molecule has 0 N–H and O–H groups in total. The van der Waals surface area contributed by atoms with E-state index < -0.39 is 17.3 Å². The Balaban J connectivity index is 1.82. The van der Waals surface area contributed by atoms with E-state index >= 15 is 0 Å². The number of para-hydroxylation sites is 2. The first-order valence-corrected chi connectivity index (χ1v) is 9.16. The number of carboxylic acids is 1. The molecule has 1 spiro atoms. The zero-order valence-corrected chi connectivity index (χ0v) is 15.6. The van der Waals surface area contributed by atoms with Gasteiger partial charge in [0.1, 0.15) is 11.2 Å². The molecule has 2 aromatic carbocycles. The number of aryl methyl sites for hydroxylation is 1. The van der Waals surface area contributed by atoms with E-state index in [4.69, 9.17) is 11.6 Å². The Kier molecular flexibility index (Phi) is 3.42. The highest BCUT2D eigenvalue weighted by molar-refractivity contribution is 6.30. The lowest BCUT2D eigenvalue weighted by Crippen LogP contribution is -2.40. The van der Waals surface area contributed by atoms with Crippen molar-refractivity contribution in [2.24, 2.45) is 5.92 Å². The molecule has 28 heavy (non-hydrogen) atoms. The van der Waals surface area contributed by atoms with Gasteiger partial charge in [-0.05, 0) is 49.7 Å². The summed E-state index contributed by atoms with van der Waals surface area (Å²) in [6.07, 6.45) is 0.129. The maximum absolute atomic E-state index is 13.8. The summed E-state index contributed by atoms with van der Waals surface area (Å²) in [6.45, 7) is 1.78. The second-order valence-electron chi connectivity index (χ2n) is 7.06. The third-order valence-corrected chi connectivity index (χ3v) is 5.75. The van der Waals surface area contributed by atoms with Crippen LogP contribution in [0.2, 0.25) is 5.02 Å². The summed E-state index contributed by atoms with van der Waals surface area (Å²) < 4.78 is 1.77. The summed E-state index contributed by atoms with van der Waals surface area (Å²) in [5, 5.41) is 20.6. The highest BCUT2D eigenvalue weighted by Crippen LogP contribution is 2.58. The van der Waals surface area contributed by atoms with Crippen molar-refractivity contribution < 1.29 is 14.7 Å². The molecule has 2 unspecified atom stereocenters. The van der Waals surface area contributed by atoms with Crippen molar-refractivity contribution in [2.45, 2.75) is 18.8 Å². The third-order valence-electron chi connectivity index (χ3n) is 5.50. The molecule has 1 aliphatic carbocycles. The summed E-state index contributed by atoms with van der Waals surface area (Å²) in [7, 11) is 0. The Morgan fingerprint density at radius 1 is 1.14 bits per heavy atom. The number of carbonyl (C=O) groups excluding carboxylic acids is 2. The van der Waals surface area contributed by atoms with Crippen molar-refractivity contribution >= 4 is 34.9 Å². The smallest absolute Gasteiger partial charge is 0.246 e. The molecule has 1 aromatic heterocycles. The van der Waals surface area contributed by atoms with Gasteiger partial charge in [-0.15, -0.1) is 10.2 Å². The maximum Gasteiger partial charge on any atom is 0.246 e. The Labute approximate surface area is 165 Å². The Morgan fingerprint density at radius 2 is 1.82 bits per heavy atom. The molecule has 8 heteroatoms. The van der Waals surface area contributed by atoms with Crippen LogP contribution in [0.3, 0.4) is 0 Å². The number of anilines is 2. The van der Waals surface area contributed by atoms with E-state index in [1.54, 1.807) is 40.7 Å². The number of benzene rings is 2. The number of carboxylic acid groups (broad SMARTS) is 1. The van der Waals surface area contributed by atoms with Crippen LogP contribution >= 0.6 is 11.6 Å². The largest absolute Gasteiger partial charge is 0.550 e. The van der Waals surface area contributed by atoms with Crippen LogP contribution in [0.15, 0.2) is 48.5 Å². The van der Waals surface area contributed by atoms with Crippen LogP contribution in [0.4, 0.5) is 11.4 Å². The lowest BCUT2D eigenvalue weighted by molar-refractivity contribution is -0.308. The SMILES string of the molecule is Cc1nnc2n1-c1ccccc1N(c1ccc(Cl)cc1)C(=O)C21CC1C(=O)[O-]. The van der Waals surface area contributed by atoms with Gasteiger partial charge in [-0.25, -0.2) is 0 Å². The minimum absolute atomic E-state index is 0.129. The van der Waals surface area contributed by atoms with E-state index in [1.165, 1.54) is 0 Å². The average molecular weight is 394 g/mol. The number of amides is 1. The molecule has 1 amide bonds. The topological polar surface area (TPSA) is 91.2 Å². The van der Waals surface area contributed by atoms with E-state index in [1.807, 2.05) is 24.3 Å². The first-order valence-electron chi connectivity index (χ1n) is 8.78. The molecule has 0 bridgehead atoms. The number of halogens is 1. The number of carbonyl (C=O) groups is 2. The average Bonchev–Trinajstić information content (AvgIpc) is 3.35. The first kappa shape index (κ1) is 16.9. The van der Waals surface area contributed by atoms with Crippen molar-refractivity contribution in [1.29, 1.82) is 0 Å². The predicted octanol–water partition coefficient (Wildman–Crippen LogP) is 1.92. The van der Waals surface area contributed by atoms with Crippen LogP contribution in [0.1, 0.15) is 18.1 Å². The van der Waals surface area contributed by atoms with Gasteiger partial charge in [0, 0.05) is 22.6 Å². The number of aromatic nitrogens is 3. The number of hydrogen-bond acceptors (Lipinski definition) is 5. The second-order valence-corrected chi connectivity index (χ2v) is 7.50. The van der Waals surface area contributed by atoms with Crippen LogP contribution in [-0.4, -0.2) is 26.6 Å². The molecule has 0 radical (unpaired) electrons. The molecule has 140 valence electrons. The molecule has 5 rings (SSSR count). The van der Waals surface area contributed by atoms with E-state index in [2.05, 4.69) is 10.2 Å². The monoisotopic (exact) mass is 393 g/mol. The normalized spacial score (nSPS) is 22.6. The van der Waals surface area contributed by atoms with Gasteiger partial charge in [0.25, 0.3) is 0 Å². The highest BCUT2D eigenvalue weighted by atomic mass is 35.5. The Hall–Kier alpha value is -3.19. The van der Waals surface area contributed by atoms with Crippen LogP contribution in [-0.2, 0) is 15.0 Å². The number of rotatable bonds is 2. The standard InChI is InChI=1S/C20H15ClN4O3/c1-11-22-23-18-20(10-14(20)17(26)27)19(28)25(13-8-6-12(21)7-9-13)16-5-3-2-4-15(16)24(11)18/h2-9,14H,10H2,1H3,(H,26,27)/p-1. The van der Waals surface area contributed by atoms with Gasteiger partial charge in [0.2, 0.25) is 5.91 Å². The summed E-state index contributed by atoms with van der Waals surface area (Å²) >= 11 is 6.02. The number of hydrogen-bond donors (Lipinski definition) is 0. The van der Waals surface area contributed by atoms with Crippen LogP contribution in [0.25, 0.3) is 5.69 Å². The molecule has 2 aliphatic rings. The number of fused-ring (bicyclic) bond motifs is 4. The molecule has 2 heterocycles. The minimum Gasteiger partial charge on any atom is -0.550 e. The molecule has 1 aliphatic heterocycles. The molecular formula is C20H14ClN4O3-. The fourth-order valence-corrected chi connectivity index (χ4v) is 4.19. The van der Waals surface area contributed by atoms with E-state index in [9.17, 15) is 14.7 Å². The zero-order valence-electron chi connectivity index (χ0n) is 14.8. The van der Waals surface area contributed by atoms with E-state index in [-0.39, 0.29) is 12.3 Å². The second kappa shape index (κ2) is 5.65. The first-order chi connectivity index (χ1) is 13.4. The van der Waals surface area contributed by atoms with Gasteiger partial charge in [-0.3, -0.25) is 14.3 Å². The summed E-state index contributed by atoms with van der Waals surface area (Å²) in [5.41, 5.74) is 0.629. The van der Waals surface area contributed by atoms with Crippen LogP contribution in [0, 0.1) is 12.8 Å². The van der Waals surface area contributed by atoms with Crippen molar-refractivity contribution in [3.8, 4) is 5.69 Å². The molecular weight excluding hydrogens is 380 g/mol. The lowest BCUT2D eigenvalue weighted by Gasteiger charge is -2.26. The molecule has 2 atom stereocenters. The van der Waals surface area contributed by atoms with Gasteiger partial charge in [-0.2, -0.15) is 0 Å². The molecule has 1 fully saturated rings. The minimum atomic E-state index is -1.31. The molecule has 3 aromatic rings. The van der Waals surface area contributed by atoms with Crippen molar-refractivity contribution in [3.05, 3.63) is 65.2 Å². The van der Waals surface area contributed by atoms with Crippen molar-refractivity contribution in [1.82, 2.24) is 14.8 Å². The Bertz CT molecular complexity index is 1140. The maximum atomic E-state index is 13.8. The molecule has 7 nitrogen and oxygen atoms in total. The summed E-state index contributed by atoms with van der Waals surface area (Å²) in [4.78, 5) is 27.0. The fourth-order valence-electron chi connectivity index (χ4n) is 4.06. The van der Waals surface area contributed by atoms with Gasteiger partial charge in [0.15, 0.2) is 5.82 Å². The van der Waals surface area contributed by atoms with Crippen LogP contribution < -0.4 is 10.0 Å². The van der Waals surface area contributed by atoms with Crippen molar-refractivity contribution in [2.75, 3.05) is 4.90 Å². The highest BCUT2D eigenvalue weighted by Gasteiger charge is 2.67. The van der Waals surface area contributed by atoms with Crippen LogP contribution in [0.5, 0.6) is 0 Å².